The number of esters is 2. The van der Waals surface area contributed by atoms with Crippen molar-refractivity contribution in [2.45, 2.75) is 112 Å². The van der Waals surface area contributed by atoms with Crippen molar-refractivity contribution in [3.05, 3.63) is 0 Å². The normalized spacial score (nSPS) is 13.2. The lowest BCUT2D eigenvalue weighted by Crippen LogP contribution is -2.38. The molecule has 6 heteroatoms. The summed E-state index contributed by atoms with van der Waals surface area (Å²) in [5.74, 6) is -0.651. The van der Waals surface area contributed by atoms with E-state index in [1.807, 2.05) is 20.8 Å². The van der Waals surface area contributed by atoms with Gasteiger partial charge in [0.1, 0.15) is 18.8 Å². The predicted molar refractivity (Wildman–Crippen MR) is 110 cm³/mol. The van der Waals surface area contributed by atoms with Gasteiger partial charge in [0, 0.05) is 6.42 Å². The summed E-state index contributed by atoms with van der Waals surface area (Å²) >= 11 is 0. The maximum atomic E-state index is 12.6. The molecule has 1 unspecified atom stereocenters. The molecule has 1 atom stereocenters. The largest absolute Gasteiger partial charge is 0.463 e. The number of carbonyl (C=O) groups is 2. The molecular weight excluding hydrogens is 360 g/mol. The molecule has 0 saturated heterocycles. The Bertz CT molecular complexity index is 439. The average molecular weight is 403 g/mol. The van der Waals surface area contributed by atoms with Gasteiger partial charge in [0.05, 0.1) is 0 Å². The van der Waals surface area contributed by atoms with Crippen LogP contribution in [-0.2, 0) is 28.8 Å². The Morgan fingerprint density at radius 3 is 2.11 bits per heavy atom. The highest BCUT2D eigenvalue weighted by Crippen LogP contribution is 2.30. The van der Waals surface area contributed by atoms with Crippen LogP contribution < -0.4 is 0 Å². The average Bonchev–Trinajstić information content (AvgIpc) is 2.54. The molecule has 0 spiro atoms. The van der Waals surface area contributed by atoms with Gasteiger partial charge in [-0.2, -0.15) is 0 Å². The Labute approximate surface area is 171 Å². The second-order valence-electron chi connectivity index (χ2n) is 9.14. The molecule has 0 saturated carbocycles. The smallest absolute Gasteiger partial charge is 0.339 e. The third-order valence-electron chi connectivity index (χ3n) is 4.01. The van der Waals surface area contributed by atoms with E-state index in [-0.39, 0.29) is 24.6 Å². The van der Waals surface area contributed by atoms with Crippen molar-refractivity contribution in [2.24, 2.45) is 5.41 Å². The Kier molecular flexibility index (Phi) is 13.4. The van der Waals surface area contributed by atoms with Gasteiger partial charge >= 0.3 is 11.9 Å². The first-order valence-corrected chi connectivity index (χ1v) is 10.7. The standard InChI is InChI=1S/C22H42O6/c1-8-10-12-14-19(23)25-15-16-26-28-18(13-11-9-2)20(24)27-22(6,7)17-21(3,4)5/h18H,8-17H2,1-7H3. The third-order valence-corrected chi connectivity index (χ3v) is 4.01. The molecule has 6 nitrogen and oxygen atoms in total. The second kappa shape index (κ2) is 13.9. The lowest BCUT2D eigenvalue weighted by Gasteiger charge is -2.33. The van der Waals surface area contributed by atoms with Crippen LogP contribution >= 0.6 is 0 Å². The van der Waals surface area contributed by atoms with Gasteiger partial charge in [-0.1, -0.05) is 60.3 Å². The Hall–Kier alpha value is -1.14. The van der Waals surface area contributed by atoms with E-state index in [9.17, 15) is 9.59 Å². The predicted octanol–water partition coefficient (Wildman–Crippen LogP) is 5.37. The van der Waals surface area contributed by atoms with E-state index in [0.717, 1.165) is 38.5 Å². The molecule has 0 aliphatic rings. The second-order valence-corrected chi connectivity index (χ2v) is 9.14. The molecule has 0 aromatic rings. The minimum atomic E-state index is -0.778. The van der Waals surface area contributed by atoms with E-state index >= 15 is 0 Å². The first kappa shape index (κ1) is 26.9. The summed E-state index contributed by atoms with van der Waals surface area (Å²) in [6.07, 6.45) is 5.58. The first-order chi connectivity index (χ1) is 13.0. The molecule has 0 aromatic carbocycles. The summed E-state index contributed by atoms with van der Waals surface area (Å²) in [5, 5.41) is 0. The van der Waals surface area contributed by atoms with Crippen molar-refractivity contribution in [1.29, 1.82) is 0 Å². The fraction of sp³-hybridized carbons (Fsp3) is 0.909. The van der Waals surface area contributed by atoms with Gasteiger partial charge < -0.3 is 9.47 Å². The van der Waals surface area contributed by atoms with Crippen LogP contribution in [0.25, 0.3) is 0 Å². The third kappa shape index (κ3) is 14.9. The molecule has 0 bridgehead atoms. The van der Waals surface area contributed by atoms with E-state index in [2.05, 4.69) is 27.7 Å². The molecule has 0 rings (SSSR count). The highest BCUT2D eigenvalue weighted by atomic mass is 17.2. The topological polar surface area (TPSA) is 71.1 Å². The fourth-order valence-electron chi connectivity index (χ4n) is 3.16. The van der Waals surface area contributed by atoms with Crippen molar-refractivity contribution in [1.82, 2.24) is 0 Å². The van der Waals surface area contributed by atoms with E-state index in [1.165, 1.54) is 0 Å². The number of hydrogen-bond acceptors (Lipinski definition) is 6. The van der Waals surface area contributed by atoms with Gasteiger partial charge in [-0.05, 0) is 38.5 Å². The highest BCUT2D eigenvalue weighted by Gasteiger charge is 2.32. The minimum Gasteiger partial charge on any atom is -0.463 e. The van der Waals surface area contributed by atoms with Crippen LogP contribution in [0.4, 0.5) is 0 Å². The number of hydrogen-bond donors (Lipinski definition) is 0. The maximum absolute atomic E-state index is 12.6. The van der Waals surface area contributed by atoms with Crippen LogP contribution in [0, 0.1) is 5.41 Å². The van der Waals surface area contributed by atoms with E-state index in [0.29, 0.717) is 12.8 Å². The summed E-state index contributed by atoms with van der Waals surface area (Å²) in [4.78, 5) is 34.5. The molecule has 0 aromatic heterocycles. The van der Waals surface area contributed by atoms with Gasteiger partial charge in [-0.3, -0.25) is 4.79 Å². The van der Waals surface area contributed by atoms with Gasteiger partial charge in [-0.25, -0.2) is 14.6 Å². The van der Waals surface area contributed by atoms with Crippen LogP contribution in [0.5, 0.6) is 0 Å². The molecule has 0 radical (unpaired) electrons. The maximum Gasteiger partial charge on any atom is 0.339 e. The highest BCUT2D eigenvalue weighted by molar-refractivity contribution is 5.75. The van der Waals surface area contributed by atoms with Crippen LogP contribution in [0.3, 0.4) is 0 Å². The lowest BCUT2D eigenvalue weighted by atomic mass is 9.83. The number of unbranched alkanes of at least 4 members (excludes halogenated alkanes) is 3. The molecule has 166 valence electrons. The minimum absolute atomic E-state index is 0.0427. The van der Waals surface area contributed by atoms with E-state index in [1.54, 1.807) is 0 Å². The molecule has 0 aliphatic heterocycles. The summed E-state index contributed by atoms with van der Waals surface area (Å²) in [5.41, 5.74) is -0.543. The van der Waals surface area contributed by atoms with Crippen molar-refractivity contribution >= 4 is 11.9 Å². The zero-order chi connectivity index (χ0) is 21.6. The van der Waals surface area contributed by atoms with Crippen molar-refractivity contribution < 1.29 is 28.8 Å². The molecular formula is C22H42O6. The van der Waals surface area contributed by atoms with Crippen molar-refractivity contribution in [3.63, 3.8) is 0 Å². The van der Waals surface area contributed by atoms with Crippen LogP contribution in [0.2, 0.25) is 0 Å². The summed E-state index contributed by atoms with van der Waals surface area (Å²) in [7, 11) is 0. The molecule has 0 amide bonds. The summed E-state index contributed by atoms with van der Waals surface area (Å²) in [6, 6.07) is 0. The summed E-state index contributed by atoms with van der Waals surface area (Å²) in [6.45, 7) is 14.5. The van der Waals surface area contributed by atoms with Gasteiger partial charge in [0.15, 0.2) is 6.10 Å². The molecule has 0 N–H and O–H groups in total. The van der Waals surface area contributed by atoms with Crippen molar-refractivity contribution in [2.75, 3.05) is 13.2 Å². The Morgan fingerprint density at radius 2 is 1.54 bits per heavy atom. The monoisotopic (exact) mass is 402 g/mol. The molecule has 28 heavy (non-hydrogen) atoms. The number of rotatable bonds is 15. The first-order valence-electron chi connectivity index (χ1n) is 10.7. The molecule has 0 fully saturated rings. The quantitative estimate of drug-likeness (QED) is 0.159. The number of ether oxygens (including phenoxy) is 2. The Morgan fingerprint density at radius 1 is 0.893 bits per heavy atom. The van der Waals surface area contributed by atoms with Crippen LogP contribution in [0.15, 0.2) is 0 Å². The van der Waals surface area contributed by atoms with Gasteiger partial charge in [0.2, 0.25) is 0 Å². The zero-order valence-electron chi connectivity index (χ0n) is 19.1. The SMILES string of the molecule is CCCCCC(=O)OCCOOC(CCCC)C(=O)OC(C)(C)CC(C)(C)C. The fourth-order valence-corrected chi connectivity index (χ4v) is 3.16. The zero-order valence-corrected chi connectivity index (χ0v) is 19.1. The molecule has 0 heterocycles. The van der Waals surface area contributed by atoms with Crippen molar-refractivity contribution in [3.8, 4) is 0 Å². The Balaban J connectivity index is 4.35. The lowest BCUT2D eigenvalue weighted by molar-refractivity contribution is -0.326. The van der Waals surface area contributed by atoms with E-state index < -0.39 is 17.7 Å². The van der Waals surface area contributed by atoms with Crippen LogP contribution in [0.1, 0.15) is 99.8 Å². The molecule has 0 aliphatic carbocycles. The van der Waals surface area contributed by atoms with Gasteiger partial charge in [-0.15, -0.1) is 0 Å². The van der Waals surface area contributed by atoms with Gasteiger partial charge in [0.25, 0.3) is 0 Å². The van der Waals surface area contributed by atoms with Crippen LogP contribution in [-0.4, -0.2) is 36.9 Å². The van der Waals surface area contributed by atoms with E-state index in [4.69, 9.17) is 19.2 Å². The summed E-state index contributed by atoms with van der Waals surface area (Å²) < 4.78 is 10.8. The number of carbonyl (C=O) groups excluding carboxylic acids is 2.